The summed E-state index contributed by atoms with van der Waals surface area (Å²) in [6.07, 6.45) is 4.08. The second-order valence-electron chi connectivity index (χ2n) is 4.65. The van der Waals surface area contributed by atoms with Crippen LogP contribution in [0.1, 0.15) is 26.7 Å². The van der Waals surface area contributed by atoms with Gasteiger partial charge in [-0.05, 0) is 48.2 Å². The molecule has 1 aromatic heterocycles. The molecule has 1 N–H and O–H groups in total. The molecule has 0 aliphatic heterocycles. The van der Waals surface area contributed by atoms with E-state index in [-0.39, 0.29) is 0 Å². The Hall–Kier alpha value is -1.77. The van der Waals surface area contributed by atoms with Crippen molar-refractivity contribution in [3.05, 3.63) is 36.5 Å². The number of ether oxygens (including phenoxy) is 1. The van der Waals surface area contributed by atoms with E-state index in [0.717, 1.165) is 36.0 Å². The van der Waals surface area contributed by atoms with Crippen molar-refractivity contribution in [3.8, 4) is 17.0 Å². The Bertz CT molecular complexity index is 448. The van der Waals surface area contributed by atoms with Crippen LogP contribution in [0, 0.1) is 5.92 Å². The van der Waals surface area contributed by atoms with E-state index in [9.17, 15) is 0 Å². The summed E-state index contributed by atoms with van der Waals surface area (Å²) in [4.78, 5) is 0. The summed E-state index contributed by atoms with van der Waals surface area (Å²) >= 11 is 0. The topological polar surface area (TPSA) is 37.9 Å². The van der Waals surface area contributed by atoms with Crippen LogP contribution in [0.15, 0.2) is 36.5 Å². The quantitative estimate of drug-likeness (QED) is 0.837. The van der Waals surface area contributed by atoms with Crippen molar-refractivity contribution in [1.82, 2.24) is 10.2 Å². The summed E-state index contributed by atoms with van der Waals surface area (Å²) < 4.78 is 5.73. The second-order valence-corrected chi connectivity index (χ2v) is 4.65. The number of rotatable bonds is 6. The first kappa shape index (κ1) is 12.7. The maximum absolute atomic E-state index is 5.73. The van der Waals surface area contributed by atoms with Gasteiger partial charge < -0.3 is 4.74 Å². The first-order valence-electron chi connectivity index (χ1n) is 6.52. The van der Waals surface area contributed by atoms with Gasteiger partial charge in [-0.15, -0.1) is 0 Å². The summed E-state index contributed by atoms with van der Waals surface area (Å²) in [6.45, 7) is 5.26. The van der Waals surface area contributed by atoms with Crippen LogP contribution < -0.4 is 4.74 Å². The second kappa shape index (κ2) is 6.24. The van der Waals surface area contributed by atoms with Crippen LogP contribution in [0.4, 0.5) is 0 Å². The third-order valence-corrected chi connectivity index (χ3v) is 3.24. The van der Waals surface area contributed by atoms with Gasteiger partial charge >= 0.3 is 0 Å². The lowest BCUT2D eigenvalue weighted by Gasteiger charge is -2.10. The Morgan fingerprint density at radius 2 is 2.00 bits per heavy atom. The summed E-state index contributed by atoms with van der Waals surface area (Å²) in [5.41, 5.74) is 2.16. The van der Waals surface area contributed by atoms with Crippen molar-refractivity contribution in [1.29, 1.82) is 0 Å². The number of nitrogens with zero attached hydrogens (tertiary/aromatic N) is 1. The van der Waals surface area contributed by atoms with Gasteiger partial charge in [-0.25, -0.2) is 0 Å². The molecule has 0 amide bonds. The molecule has 0 saturated heterocycles. The molecule has 0 spiro atoms. The van der Waals surface area contributed by atoms with Gasteiger partial charge in [0.15, 0.2) is 0 Å². The molecule has 18 heavy (non-hydrogen) atoms. The molecular weight excluding hydrogens is 224 g/mol. The zero-order valence-corrected chi connectivity index (χ0v) is 11.0. The van der Waals surface area contributed by atoms with Gasteiger partial charge in [-0.2, -0.15) is 5.10 Å². The number of benzene rings is 1. The van der Waals surface area contributed by atoms with Crippen LogP contribution in [-0.4, -0.2) is 16.8 Å². The molecule has 0 bridgehead atoms. The molecule has 3 nitrogen and oxygen atoms in total. The molecule has 1 heterocycles. The van der Waals surface area contributed by atoms with Gasteiger partial charge in [0.2, 0.25) is 0 Å². The van der Waals surface area contributed by atoms with E-state index in [1.807, 2.05) is 30.3 Å². The van der Waals surface area contributed by atoms with Gasteiger partial charge in [0.25, 0.3) is 0 Å². The van der Waals surface area contributed by atoms with Crippen LogP contribution in [0.2, 0.25) is 0 Å². The molecule has 0 aliphatic carbocycles. The Morgan fingerprint density at radius 1 is 1.22 bits per heavy atom. The number of aromatic nitrogens is 2. The minimum Gasteiger partial charge on any atom is -0.494 e. The van der Waals surface area contributed by atoms with Crippen molar-refractivity contribution >= 4 is 0 Å². The van der Waals surface area contributed by atoms with Crippen molar-refractivity contribution < 1.29 is 4.74 Å². The molecule has 0 fully saturated rings. The standard InChI is InChI=1S/C15H20N2O/c1-3-12(2)9-11-18-14-6-4-13(5-7-14)15-8-10-16-17-15/h4-8,10,12H,3,9,11H2,1-2H3,(H,16,17). The Kier molecular flexibility index (Phi) is 4.40. The highest BCUT2D eigenvalue weighted by Gasteiger charge is 2.01. The maximum atomic E-state index is 5.73. The number of nitrogens with one attached hydrogen (secondary N) is 1. The lowest BCUT2D eigenvalue weighted by Crippen LogP contribution is -2.03. The highest BCUT2D eigenvalue weighted by molar-refractivity contribution is 5.59. The van der Waals surface area contributed by atoms with Crippen molar-refractivity contribution in [2.24, 2.45) is 5.92 Å². The number of hydrogen-bond donors (Lipinski definition) is 1. The first-order chi connectivity index (χ1) is 8.79. The average molecular weight is 244 g/mol. The van der Waals surface area contributed by atoms with Gasteiger partial charge in [0.05, 0.1) is 12.3 Å². The zero-order valence-electron chi connectivity index (χ0n) is 11.0. The van der Waals surface area contributed by atoms with E-state index < -0.39 is 0 Å². The van der Waals surface area contributed by atoms with Gasteiger partial charge in [0, 0.05) is 6.20 Å². The molecular formula is C15H20N2O. The number of H-pyrrole nitrogens is 1. The summed E-state index contributed by atoms with van der Waals surface area (Å²) in [6, 6.07) is 10.1. The van der Waals surface area contributed by atoms with Crippen LogP contribution in [-0.2, 0) is 0 Å². The van der Waals surface area contributed by atoms with Gasteiger partial charge in [-0.1, -0.05) is 20.3 Å². The molecule has 1 unspecified atom stereocenters. The molecule has 1 atom stereocenters. The fourth-order valence-corrected chi connectivity index (χ4v) is 1.73. The molecule has 2 aromatic rings. The fourth-order valence-electron chi connectivity index (χ4n) is 1.73. The molecule has 2 rings (SSSR count). The van der Waals surface area contributed by atoms with E-state index >= 15 is 0 Å². The third kappa shape index (κ3) is 3.36. The van der Waals surface area contributed by atoms with Crippen molar-refractivity contribution in [2.45, 2.75) is 26.7 Å². The lowest BCUT2D eigenvalue weighted by molar-refractivity contribution is 0.282. The normalized spacial score (nSPS) is 12.3. The van der Waals surface area contributed by atoms with Crippen LogP contribution >= 0.6 is 0 Å². The third-order valence-electron chi connectivity index (χ3n) is 3.24. The van der Waals surface area contributed by atoms with E-state index in [1.54, 1.807) is 6.20 Å². The Balaban J connectivity index is 1.88. The highest BCUT2D eigenvalue weighted by Crippen LogP contribution is 2.20. The SMILES string of the molecule is CCC(C)CCOc1ccc(-c2ccn[nH]2)cc1. The smallest absolute Gasteiger partial charge is 0.119 e. The van der Waals surface area contributed by atoms with E-state index in [0.29, 0.717) is 0 Å². The van der Waals surface area contributed by atoms with Gasteiger partial charge in [0.1, 0.15) is 5.75 Å². The minimum atomic E-state index is 0.731. The Labute approximate surface area is 108 Å². The molecule has 3 heteroatoms. The molecule has 0 radical (unpaired) electrons. The van der Waals surface area contributed by atoms with E-state index in [4.69, 9.17) is 4.74 Å². The molecule has 96 valence electrons. The highest BCUT2D eigenvalue weighted by atomic mass is 16.5. The van der Waals surface area contributed by atoms with Gasteiger partial charge in [-0.3, -0.25) is 5.10 Å². The fraction of sp³-hybridized carbons (Fsp3) is 0.400. The predicted octanol–water partition coefficient (Wildman–Crippen LogP) is 3.89. The monoisotopic (exact) mass is 244 g/mol. The number of aromatic amines is 1. The van der Waals surface area contributed by atoms with E-state index in [2.05, 4.69) is 24.0 Å². The van der Waals surface area contributed by atoms with E-state index in [1.165, 1.54) is 6.42 Å². The summed E-state index contributed by atoms with van der Waals surface area (Å²) in [7, 11) is 0. The maximum Gasteiger partial charge on any atom is 0.119 e. The zero-order chi connectivity index (χ0) is 12.8. The molecule has 0 saturated carbocycles. The minimum absolute atomic E-state index is 0.731. The predicted molar refractivity (Wildman–Crippen MR) is 73.6 cm³/mol. The van der Waals surface area contributed by atoms with Crippen LogP contribution in [0.25, 0.3) is 11.3 Å². The average Bonchev–Trinajstić information content (AvgIpc) is 2.93. The van der Waals surface area contributed by atoms with Crippen LogP contribution in [0.5, 0.6) is 5.75 Å². The van der Waals surface area contributed by atoms with Crippen LogP contribution in [0.3, 0.4) is 0 Å². The summed E-state index contributed by atoms with van der Waals surface area (Å²) in [5, 5.41) is 6.89. The largest absolute Gasteiger partial charge is 0.494 e. The number of hydrogen-bond acceptors (Lipinski definition) is 2. The van der Waals surface area contributed by atoms with Crippen molar-refractivity contribution in [3.63, 3.8) is 0 Å². The Morgan fingerprint density at radius 3 is 2.61 bits per heavy atom. The molecule has 1 aromatic carbocycles. The lowest BCUT2D eigenvalue weighted by atomic mass is 10.1. The molecule has 0 aliphatic rings. The first-order valence-corrected chi connectivity index (χ1v) is 6.52. The summed E-state index contributed by atoms with van der Waals surface area (Å²) in [5.74, 6) is 1.66. The van der Waals surface area contributed by atoms with Crippen molar-refractivity contribution in [2.75, 3.05) is 6.61 Å².